The molecule has 0 aliphatic heterocycles. The zero-order valence-electron chi connectivity index (χ0n) is 16.7. The Hall–Kier alpha value is -3.99. The number of nitrogens with zero attached hydrogens (tertiary/aromatic N) is 3. The van der Waals surface area contributed by atoms with Gasteiger partial charge in [0.15, 0.2) is 0 Å². The molecule has 0 aliphatic rings. The van der Waals surface area contributed by atoms with Crippen molar-refractivity contribution < 1.29 is 0 Å². The number of aromatic amines is 2. The number of benzene rings is 3. The Labute approximate surface area is 172 Å². The Bertz CT molecular complexity index is 1570. The summed E-state index contributed by atoms with van der Waals surface area (Å²) in [5.74, 6) is 1.84. The fourth-order valence-corrected chi connectivity index (χ4v) is 4.13. The van der Waals surface area contributed by atoms with Gasteiger partial charge in [0, 0.05) is 28.1 Å². The van der Waals surface area contributed by atoms with Gasteiger partial charge in [0.2, 0.25) is 0 Å². The van der Waals surface area contributed by atoms with E-state index in [4.69, 9.17) is 4.98 Å². The van der Waals surface area contributed by atoms with E-state index in [1.54, 1.807) is 0 Å². The minimum Gasteiger partial charge on any atom is -0.342 e. The largest absolute Gasteiger partial charge is 0.342 e. The van der Waals surface area contributed by atoms with Crippen LogP contribution in [0, 0.1) is 13.8 Å². The lowest BCUT2D eigenvalue weighted by molar-refractivity contribution is 1.15. The highest BCUT2D eigenvalue weighted by Crippen LogP contribution is 2.30. The van der Waals surface area contributed by atoms with Gasteiger partial charge >= 0.3 is 0 Å². The SMILES string of the molecule is Cc1ncc(-c2ccc3cc(-c4ccc5c(ccc6nc(C)[nH]c65)c4)cnc3c2)[nH]1. The van der Waals surface area contributed by atoms with E-state index in [1.807, 2.05) is 26.2 Å². The van der Waals surface area contributed by atoms with Crippen LogP contribution in [0.3, 0.4) is 0 Å². The van der Waals surface area contributed by atoms with Crippen molar-refractivity contribution in [2.24, 2.45) is 0 Å². The van der Waals surface area contributed by atoms with Gasteiger partial charge in [-0.05, 0) is 49.1 Å². The van der Waals surface area contributed by atoms with E-state index < -0.39 is 0 Å². The molecule has 6 aromatic rings. The van der Waals surface area contributed by atoms with Crippen LogP contribution in [-0.4, -0.2) is 24.9 Å². The summed E-state index contributed by atoms with van der Waals surface area (Å²) in [6, 6.07) is 19.3. The van der Waals surface area contributed by atoms with Gasteiger partial charge in [-0.3, -0.25) is 4.98 Å². The molecule has 5 heteroatoms. The zero-order valence-corrected chi connectivity index (χ0v) is 16.7. The van der Waals surface area contributed by atoms with Gasteiger partial charge in [0.1, 0.15) is 11.6 Å². The second-order valence-electron chi connectivity index (χ2n) is 7.73. The molecule has 0 atom stereocenters. The van der Waals surface area contributed by atoms with Gasteiger partial charge in [-0.2, -0.15) is 0 Å². The number of H-pyrrole nitrogens is 2. The van der Waals surface area contributed by atoms with Crippen LogP contribution in [-0.2, 0) is 0 Å². The predicted octanol–water partition coefficient (Wildman–Crippen LogP) is 5.94. The average Bonchev–Trinajstić information content (AvgIpc) is 3.37. The van der Waals surface area contributed by atoms with E-state index in [-0.39, 0.29) is 0 Å². The number of aryl methyl sites for hydroxylation is 2. The number of hydrogen-bond donors (Lipinski definition) is 2. The Morgan fingerprint density at radius 2 is 1.47 bits per heavy atom. The van der Waals surface area contributed by atoms with Gasteiger partial charge in [-0.15, -0.1) is 0 Å². The second kappa shape index (κ2) is 6.26. The Kier molecular flexibility index (Phi) is 3.53. The number of rotatable bonds is 2. The van der Waals surface area contributed by atoms with Crippen LogP contribution in [0.15, 0.2) is 67.0 Å². The van der Waals surface area contributed by atoms with Crippen LogP contribution < -0.4 is 0 Å². The maximum Gasteiger partial charge on any atom is 0.104 e. The molecular formula is C25H19N5. The molecule has 0 spiro atoms. The number of hydrogen-bond acceptors (Lipinski definition) is 3. The van der Waals surface area contributed by atoms with Crippen molar-refractivity contribution in [2.75, 3.05) is 0 Å². The van der Waals surface area contributed by atoms with E-state index in [1.165, 1.54) is 10.8 Å². The summed E-state index contributed by atoms with van der Waals surface area (Å²) >= 11 is 0. The van der Waals surface area contributed by atoms with Gasteiger partial charge in [-0.25, -0.2) is 9.97 Å². The van der Waals surface area contributed by atoms with E-state index in [9.17, 15) is 0 Å². The lowest BCUT2D eigenvalue weighted by Crippen LogP contribution is -1.86. The molecule has 5 nitrogen and oxygen atoms in total. The maximum absolute atomic E-state index is 4.73. The van der Waals surface area contributed by atoms with E-state index in [0.29, 0.717) is 0 Å². The van der Waals surface area contributed by atoms with Crippen LogP contribution in [0.5, 0.6) is 0 Å². The van der Waals surface area contributed by atoms with Gasteiger partial charge in [-0.1, -0.05) is 30.3 Å². The number of aromatic nitrogens is 5. The summed E-state index contributed by atoms with van der Waals surface area (Å²) in [7, 11) is 0. The first kappa shape index (κ1) is 16.9. The Morgan fingerprint density at radius 3 is 2.33 bits per heavy atom. The molecule has 2 N–H and O–H groups in total. The van der Waals surface area contributed by atoms with Gasteiger partial charge < -0.3 is 9.97 Å². The minimum atomic E-state index is 0.910. The molecule has 0 amide bonds. The standard InChI is InChI=1S/C25H19N5/c1-14-26-13-24(28-14)19-4-3-18-10-20(12-27-23(18)11-19)16-5-7-21-17(9-16)6-8-22-25(21)30-15(2)29-22/h3-13H,1-2H3,(H,26,28)(H,29,30). The summed E-state index contributed by atoms with van der Waals surface area (Å²) in [5.41, 5.74) is 7.43. The van der Waals surface area contributed by atoms with Crippen LogP contribution in [0.1, 0.15) is 11.6 Å². The molecule has 0 radical (unpaired) electrons. The summed E-state index contributed by atoms with van der Waals surface area (Å²) < 4.78 is 0. The van der Waals surface area contributed by atoms with Crippen molar-refractivity contribution in [3.05, 3.63) is 78.6 Å². The first-order chi connectivity index (χ1) is 14.6. The molecule has 0 fully saturated rings. The summed E-state index contributed by atoms with van der Waals surface area (Å²) in [6.07, 6.45) is 3.81. The molecule has 3 aromatic carbocycles. The molecular weight excluding hydrogens is 370 g/mol. The highest BCUT2D eigenvalue weighted by atomic mass is 14.9. The van der Waals surface area contributed by atoms with Crippen molar-refractivity contribution in [3.8, 4) is 22.4 Å². The lowest BCUT2D eigenvalue weighted by atomic mass is 10.00. The van der Waals surface area contributed by atoms with Crippen molar-refractivity contribution >= 4 is 32.7 Å². The van der Waals surface area contributed by atoms with Crippen LogP contribution in [0.4, 0.5) is 0 Å². The highest BCUT2D eigenvalue weighted by molar-refractivity contribution is 6.05. The van der Waals surface area contributed by atoms with Gasteiger partial charge in [0.05, 0.1) is 28.4 Å². The monoisotopic (exact) mass is 389 g/mol. The molecule has 144 valence electrons. The molecule has 30 heavy (non-hydrogen) atoms. The average molecular weight is 389 g/mol. The number of imidazole rings is 2. The van der Waals surface area contributed by atoms with Gasteiger partial charge in [0.25, 0.3) is 0 Å². The predicted molar refractivity (Wildman–Crippen MR) is 121 cm³/mol. The van der Waals surface area contributed by atoms with Crippen molar-refractivity contribution in [1.82, 2.24) is 24.9 Å². The quantitative estimate of drug-likeness (QED) is 0.385. The third-order valence-corrected chi connectivity index (χ3v) is 5.62. The lowest BCUT2D eigenvalue weighted by Gasteiger charge is -2.07. The molecule has 0 unspecified atom stereocenters. The van der Waals surface area contributed by atoms with E-state index >= 15 is 0 Å². The Balaban J connectivity index is 1.43. The fourth-order valence-electron chi connectivity index (χ4n) is 4.13. The first-order valence-corrected chi connectivity index (χ1v) is 9.95. The topological polar surface area (TPSA) is 70.2 Å². The number of pyridine rings is 1. The van der Waals surface area contributed by atoms with Crippen molar-refractivity contribution in [1.29, 1.82) is 0 Å². The smallest absolute Gasteiger partial charge is 0.104 e. The van der Waals surface area contributed by atoms with Crippen LogP contribution in [0.25, 0.3) is 55.1 Å². The molecule has 3 heterocycles. The third-order valence-electron chi connectivity index (χ3n) is 5.62. The first-order valence-electron chi connectivity index (χ1n) is 9.95. The summed E-state index contributed by atoms with van der Waals surface area (Å²) in [5, 5.41) is 3.49. The highest BCUT2D eigenvalue weighted by Gasteiger charge is 2.08. The fraction of sp³-hybridized carbons (Fsp3) is 0.0800. The molecule has 0 saturated carbocycles. The molecule has 0 aliphatic carbocycles. The zero-order chi connectivity index (χ0) is 20.2. The summed E-state index contributed by atoms with van der Waals surface area (Å²) in [4.78, 5) is 20.2. The minimum absolute atomic E-state index is 0.910. The normalized spacial score (nSPS) is 11.7. The van der Waals surface area contributed by atoms with Crippen LogP contribution >= 0.6 is 0 Å². The molecule has 6 rings (SSSR count). The maximum atomic E-state index is 4.73. The van der Waals surface area contributed by atoms with Crippen molar-refractivity contribution in [2.45, 2.75) is 13.8 Å². The molecule has 0 bridgehead atoms. The number of nitrogens with one attached hydrogen (secondary N) is 2. The molecule has 3 aromatic heterocycles. The number of fused-ring (bicyclic) bond motifs is 4. The van der Waals surface area contributed by atoms with E-state index in [0.717, 1.165) is 56.0 Å². The third kappa shape index (κ3) is 2.67. The molecule has 0 saturated heterocycles. The summed E-state index contributed by atoms with van der Waals surface area (Å²) in [6.45, 7) is 3.94. The van der Waals surface area contributed by atoms with Crippen molar-refractivity contribution in [3.63, 3.8) is 0 Å². The Morgan fingerprint density at radius 1 is 0.633 bits per heavy atom. The van der Waals surface area contributed by atoms with Crippen LogP contribution in [0.2, 0.25) is 0 Å². The second-order valence-corrected chi connectivity index (χ2v) is 7.73. The van der Waals surface area contributed by atoms with E-state index in [2.05, 4.69) is 74.5 Å².